The molecule has 0 bridgehead atoms. The summed E-state index contributed by atoms with van der Waals surface area (Å²) in [6.07, 6.45) is 3.03. The molecule has 2 aliphatic heterocycles. The van der Waals surface area contributed by atoms with Crippen molar-refractivity contribution < 1.29 is 4.79 Å². The number of nitrogens with one attached hydrogen (secondary N) is 6. The Morgan fingerprint density at radius 3 is 2.96 bits per heavy atom. The van der Waals surface area contributed by atoms with E-state index in [1.54, 1.807) is 0 Å². The molecule has 3 atom stereocenters. The molecule has 2 amide bonds. The fourth-order valence-electron chi connectivity index (χ4n) is 3.56. The number of hydrogen-bond acceptors (Lipinski definition) is 6. The number of carbonyl (C=O) groups is 1. The van der Waals surface area contributed by atoms with Gasteiger partial charge in [-0.05, 0) is 64.0 Å². The standard InChI is InChI=1S/C19H33N7O/c1-13-11-17(21-9-10-26(2)3)24-18(22-13)25-19(27)23-15-6-7-16-14(12-15)5-4-8-20-16/h6-7,12-13,17-18,20-22,24H,4-5,8-11H2,1-3H3,(H2,23,25,27). The molecule has 8 nitrogen and oxygen atoms in total. The average Bonchev–Trinajstić information content (AvgIpc) is 2.60. The zero-order chi connectivity index (χ0) is 19.2. The van der Waals surface area contributed by atoms with Crippen LogP contribution in [0.3, 0.4) is 0 Å². The van der Waals surface area contributed by atoms with Crippen LogP contribution in [-0.4, -0.2) is 63.2 Å². The Morgan fingerprint density at radius 2 is 2.15 bits per heavy atom. The third-order valence-corrected chi connectivity index (χ3v) is 4.93. The minimum absolute atomic E-state index is 0.168. The number of benzene rings is 1. The molecule has 3 unspecified atom stereocenters. The number of fused-ring (bicyclic) bond motifs is 1. The van der Waals surface area contributed by atoms with Crippen LogP contribution in [0.15, 0.2) is 18.2 Å². The van der Waals surface area contributed by atoms with Gasteiger partial charge >= 0.3 is 6.03 Å². The normalized spacial score (nSPS) is 24.8. The average molecular weight is 376 g/mol. The van der Waals surface area contributed by atoms with Crippen LogP contribution in [-0.2, 0) is 6.42 Å². The Bertz CT molecular complexity index is 636. The molecule has 1 aromatic carbocycles. The molecule has 27 heavy (non-hydrogen) atoms. The molecular formula is C19H33N7O. The van der Waals surface area contributed by atoms with Crippen molar-refractivity contribution in [2.75, 3.05) is 44.4 Å². The number of rotatable bonds is 6. The van der Waals surface area contributed by atoms with Gasteiger partial charge in [0.2, 0.25) is 0 Å². The molecule has 0 aromatic heterocycles. The van der Waals surface area contributed by atoms with Crippen molar-refractivity contribution in [1.82, 2.24) is 26.2 Å². The van der Waals surface area contributed by atoms with Crippen molar-refractivity contribution in [2.45, 2.75) is 44.7 Å². The van der Waals surface area contributed by atoms with Crippen molar-refractivity contribution in [3.05, 3.63) is 23.8 Å². The summed E-state index contributed by atoms with van der Waals surface area (Å²) in [5.41, 5.74) is 3.24. The van der Waals surface area contributed by atoms with Gasteiger partial charge < -0.3 is 26.2 Å². The summed E-state index contributed by atoms with van der Waals surface area (Å²) in [7, 11) is 4.12. The number of anilines is 2. The summed E-state index contributed by atoms with van der Waals surface area (Å²) in [4.78, 5) is 14.6. The third kappa shape index (κ3) is 6.07. The summed E-state index contributed by atoms with van der Waals surface area (Å²) >= 11 is 0. The fraction of sp³-hybridized carbons (Fsp3) is 0.632. The van der Waals surface area contributed by atoms with Crippen molar-refractivity contribution in [3.8, 4) is 0 Å². The van der Waals surface area contributed by atoms with Gasteiger partial charge in [0.1, 0.15) is 6.29 Å². The second-order valence-corrected chi connectivity index (χ2v) is 7.71. The maximum absolute atomic E-state index is 12.4. The summed E-state index contributed by atoms with van der Waals surface area (Å²) in [6.45, 7) is 5.02. The number of nitrogens with zero attached hydrogens (tertiary/aromatic N) is 1. The number of urea groups is 1. The summed E-state index contributed by atoms with van der Waals surface area (Å²) in [6, 6.07) is 6.12. The van der Waals surface area contributed by atoms with Crippen molar-refractivity contribution in [3.63, 3.8) is 0 Å². The van der Waals surface area contributed by atoms with Gasteiger partial charge in [-0.1, -0.05) is 0 Å². The summed E-state index contributed by atoms with van der Waals surface area (Å²) < 4.78 is 0. The molecule has 0 radical (unpaired) electrons. The van der Waals surface area contributed by atoms with E-state index in [4.69, 9.17) is 0 Å². The van der Waals surface area contributed by atoms with Crippen LogP contribution in [0.25, 0.3) is 0 Å². The second kappa shape index (κ2) is 9.36. The first kappa shape index (κ1) is 19.9. The highest BCUT2D eigenvalue weighted by Gasteiger charge is 2.25. The van der Waals surface area contributed by atoms with Crippen LogP contribution in [0.5, 0.6) is 0 Å². The fourth-order valence-corrected chi connectivity index (χ4v) is 3.56. The van der Waals surface area contributed by atoms with Gasteiger partial charge in [-0.2, -0.15) is 0 Å². The predicted molar refractivity (Wildman–Crippen MR) is 110 cm³/mol. The van der Waals surface area contributed by atoms with Crippen LogP contribution >= 0.6 is 0 Å². The monoisotopic (exact) mass is 375 g/mol. The van der Waals surface area contributed by atoms with Gasteiger partial charge in [-0.15, -0.1) is 0 Å². The number of hydrogen-bond donors (Lipinski definition) is 6. The number of amides is 2. The van der Waals surface area contributed by atoms with Gasteiger partial charge in [-0.3, -0.25) is 10.6 Å². The van der Waals surface area contributed by atoms with Crippen LogP contribution in [0, 0.1) is 0 Å². The first-order chi connectivity index (χ1) is 13.0. The molecule has 1 fully saturated rings. The largest absolute Gasteiger partial charge is 0.385 e. The molecule has 150 valence electrons. The van der Waals surface area contributed by atoms with E-state index in [2.05, 4.69) is 63.9 Å². The van der Waals surface area contributed by atoms with Gasteiger partial charge in [0.15, 0.2) is 0 Å². The van der Waals surface area contributed by atoms with E-state index in [0.29, 0.717) is 6.04 Å². The molecule has 0 aliphatic carbocycles. The van der Waals surface area contributed by atoms with Crippen molar-refractivity contribution >= 4 is 17.4 Å². The van der Waals surface area contributed by atoms with E-state index >= 15 is 0 Å². The lowest BCUT2D eigenvalue weighted by atomic mass is 10.0. The van der Waals surface area contributed by atoms with E-state index in [-0.39, 0.29) is 18.5 Å². The second-order valence-electron chi connectivity index (χ2n) is 7.71. The first-order valence-corrected chi connectivity index (χ1v) is 9.84. The van der Waals surface area contributed by atoms with Gasteiger partial charge in [-0.25, -0.2) is 4.79 Å². The zero-order valence-electron chi connectivity index (χ0n) is 16.6. The molecule has 0 saturated carbocycles. The van der Waals surface area contributed by atoms with Crippen LogP contribution < -0.4 is 31.9 Å². The van der Waals surface area contributed by atoms with Gasteiger partial charge in [0.25, 0.3) is 0 Å². The lowest BCUT2D eigenvalue weighted by Crippen LogP contribution is -2.68. The number of aryl methyl sites for hydroxylation is 1. The zero-order valence-corrected chi connectivity index (χ0v) is 16.6. The molecule has 1 saturated heterocycles. The highest BCUT2D eigenvalue weighted by atomic mass is 16.2. The minimum Gasteiger partial charge on any atom is -0.385 e. The molecule has 0 spiro atoms. The molecule has 1 aromatic rings. The first-order valence-electron chi connectivity index (χ1n) is 9.84. The lowest BCUT2D eigenvalue weighted by Gasteiger charge is -2.37. The van der Waals surface area contributed by atoms with Crippen LogP contribution in [0.1, 0.15) is 25.3 Å². The minimum atomic E-state index is -0.273. The maximum atomic E-state index is 12.4. The Balaban J connectivity index is 1.49. The van der Waals surface area contributed by atoms with E-state index in [1.165, 1.54) is 11.3 Å². The highest BCUT2D eigenvalue weighted by Crippen LogP contribution is 2.25. The molecule has 3 rings (SSSR count). The highest BCUT2D eigenvalue weighted by molar-refractivity contribution is 5.89. The molecule has 6 N–H and O–H groups in total. The Hall–Kier alpha value is -1.87. The van der Waals surface area contributed by atoms with Crippen molar-refractivity contribution in [2.24, 2.45) is 0 Å². The van der Waals surface area contributed by atoms with Crippen LogP contribution in [0.4, 0.5) is 16.2 Å². The van der Waals surface area contributed by atoms with Gasteiger partial charge in [0, 0.05) is 37.1 Å². The quantitative estimate of drug-likeness (QED) is 0.443. The van der Waals surface area contributed by atoms with Gasteiger partial charge in [0.05, 0.1) is 6.17 Å². The van der Waals surface area contributed by atoms with Crippen molar-refractivity contribution in [1.29, 1.82) is 0 Å². The Kier molecular flexibility index (Phi) is 6.89. The lowest BCUT2D eigenvalue weighted by molar-refractivity contribution is 0.191. The van der Waals surface area contributed by atoms with E-state index < -0.39 is 0 Å². The predicted octanol–water partition coefficient (Wildman–Crippen LogP) is 0.899. The van der Waals surface area contributed by atoms with E-state index in [9.17, 15) is 4.79 Å². The summed E-state index contributed by atoms with van der Waals surface area (Å²) in [5, 5.41) is 19.6. The topological polar surface area (TPSA) is 92.5 Å². The SMILES string of the molecule is CC1CC(NCCN(C)C)NC(NC(=O)Nc2ccc3c(c2)CCCN3)N1. The molecule has 8 heteroatoms. The maximum Gasteiger partial charge on any atom is 0.321 e. The molecule has 2 heterocycles. The number of carbonyl (C=O) groups excluding carboxylic acids is 1. The summed E-state index contributed by atoms with van der Waals surface area (Å²) in [5.74, 6) is 0. The molecular weight excluding hydrogens is 342 g/mol. The Morgan fingerprint density at radius 1 is 1.30 bits per heavy atom. The van der Waals surface area contributed by atoms with Crippen LogP contribution in [0.2, 0.25) is 0 Å². The smallest absolute Gasteiger partial charge is 0.321 e. The third-order valence-electron chi connectivity index (χ3n) is 4.93. The molecule has 2 aliphatic rings. The van der Waals surface area contributed by atoms with E-state index in [0.717, 1.165) is 44.6 Å². The Labute approximate surface area is 161 Å². The number of likely N-dealkylation sites (N-methyl/N-ethyl adjacent to an activating group) is 1. The van der Waals surface area contributed by atoms with E-state index in [1.807, 2.05) is 12.1 Å².